The highest BCUT2D eigenvalue weighted by Crippen LogP contribution is 2.25. The molecule has 0 radical (unpaired) electrons. The van der Waals surface area contributed by atoms with Crippen LogP contribution in [-0.2, 0) is 0 Å². The van der Waals surface area contributed by atoms with Gasteiger partial charge in [-0.25, -0.2) is 0 Å². The third kappa shape index (κ3) is 3.88. The van der Waals surface area contributed by atoms with Gasteiger partial charge in [-0.2, -0.15) is 4.98 Å². The summed E-state index contributed by atoms with van der Waals surface area (Å²) in [5.74, 6) is 0.166. The highest BCUT2D eigenvalue weighted by atomic mass is 16.6. The zero-order chi connectivity index (χ0) is 20.3. The molecule has 0 aliphatic heterocycles. The third-order valence-electron chi connectivity index (χ3n) is 4.35. The molecule has 0 spiro atoms. The van der Waals surface area contributed by atoms with Crippen LogP contribution in [0.4, 0.5) is 5.69 Å². The van der Waals surface area contributed by atoms with Gasteiger partial charge in [-0.15, -0.1) is 0 Å². The van der Waals surface area contributed by atoms with Gasteiger partial charge in [-0.1, -0.05) is 25.1 Å². The summed E-state index contributed by atoms with van der Waals surface area (Å²) in [6.45, 7) is 5.36. The number of amides is 1. The van der Waals surface area contributed by atoms with Crippen molar-refractivity contribution < 1.29 is 14.2 Å². The molecule has 0 aliphatic rings. The molecule has 28 heavy (non-hydrogen) atoms. The fourth-order valence-corrected chi connectivity index (χ4v) is 2.78. The van der Waals surface area contributed by atoms with Crippen molar-refractivity contribution in [3.8, 4) is 11.4 Å². The van der Waals surface area contributed by atoms with E-state index in [9.17, 15) is 14.9 Å². The fraction of sp³-hybridized carbons (Fsp3) is 0.263. The first-order chi connectivity index (χ1) is 13.4. The molecule has 0 fully saturated rings. The topological polar surface area (TPSA) is 124 Å². The Morgan fingerprint density at radius 2 is 1.93 bits per heavy atom. The van der Waals surface area contributed by atoms with Crippen LogP contribution in [-0.4, -0.2) is 26.0 Å². The van der Waals surface area contributed by atoms with Crippen LogP contribution in [0.3, 0.4) is 0 Å². The second kappa shape index (κ2) is 7.95. The van der Waals surface area contributed by atoms with Crippen molar-refractivity contribution >= 4 is 11.6 Å². The van der Waals surface area contributed by atoms with Crippen molar-refractivity contribution in [3.63, 3.8) is 0 Å². The van der Waals surface area contributed by atoms with Crippen LogP contribution in [0.5, 0.6) is 0 Å². The number of nitro benzene ring substituents is 1. The van der Waals surface area contributed by atoms with Crippen LogP contribution in [0.25, 0.3) is 11.4 Å². The van der Waals surface area contributed by atoms with Gasteiger partial charge in [0.15, 0.2) is 0 Å². The number of aromatic nitrogens is 3. The molecule has 144 valence electrons. The van der Waals surface area contributed by atoms with Crippen molar-refractivity contribution in [1.82, 2.24) is 20.4 Å². The number of nitrogens with one attached hydrogen (secondary N) is 1. The zero-order valence-electron chi connectivity index (χ0n) is 15.6. The van der Waals surface area contributed by atoms with E-state index in [1.54, 1.807) is 37.5 Å². The van der Waals surface area contributed by atoms with E-state index < -0.39 is 16.9 Å². The predicted octanol–water partition coefficient (Wildman–Crippen LogP) is 3.48. The first kappa shape index (κ1) is 19.2. The van der Waals surface area contributed by atoms with Gasteiger partial charge in [0.2, 0.25) is 11.7 Å². The highest BCUT2D eigenvalue weighted by molar-refractivity contribution is 5.96. The van der Waals surface area contributed by atoms with E-state index in [2.05, 4.69) is 20.4 Å². The first-order valence-electron chi connectivity index (χ1n) is 8.67. The second-order valence-corrected chi connectivity index (χ2v) is 6.59. The summed E-state index contributed by atoms with van der Waals surface area (Å²) in [6.07, 6.45) is 3.25. The summed E-state index contributed by atoms with van der Waals surface area (Å²) >= 11 is 0. The SMILES string of the molecule is Cc1c(C(=O)NC(c2nc(-c3ccncc3)no2)C(C)C)cccc1[N+](=O)[O-]. The van der Waals surface area contributed by atoms with Crippen LogP contribution < -0.4 is 5.32 Å². The van der Waals surface area contributed by atoms with Crippen molar-refractivity contribution in [2.24, 2.45) is 5.92 Å². The van der Waals surface area contributed by atoms with Gasteiger partial charge < -0.3 is 9.84 Å². The van der Waals surface area contributed by atoms with Crippen molar-refractivity contribution in [2.75, 3.05) is 0 Å². The summed E-state index contributed by atoms with van der Waals surface area (Å²) in [5.41, 5.74) is 1.17. The van der Waals surface area contributed by atoms with Crippen LogP contribution in [0, 0.1) is 23.0 Å². The van der Waals surface area contributed by atoms with Gasteiger partial charge >= 0.3 is 0 Å². The lowest BCUT2D eigenvalue weighted by molar-refractivity contribution is -0.385. The predicted molar refractivity (Wildman–Crippen MR) is 100 cm³/mol. The number of pyridine rings is 1. The summed E-state index contributed by atoms with van der Waals surface area (Å²) in [4.78, 5) is 31.7. The molecule has 9 heteroatoms. The monoisotopic (exact) mass is 381 g/mol. The maximum atomic E-state index is 12.8. The van der Waals surface area contributed by atoms with Gasteiger partial charge in [0.25, 0.3) is 11.6 Å². The zero-order valence-corrected chi connectivity index (χ0v) is 15.6. The molecule has 2 heterocycles. The van der Waals surface area contributed by atoms with Crippen LogP contribution in [0.2, 0.25) is 0 Å². The number of hydrogen-bond donors (Lipinski definition) is 1. The molecule has 1 aromatic carbocycles. The van der Waals surface area contributed by atoms with E-state index >= 15 is 0 Å². The number of carbonyl (C=O) groups is 1. The van der Waals surface area contributed by atoms with E-state index in [1.165, 1.54) is 12.1 Å². The fourth-order valence-electron chi connectivity index (χ4n) is 2.78. The van der Waals surface area contributed by atoms with Crippen LogP contribution >= 0.6 is 0 Å². The standard InChI is InChI=1S/C19H19N5O4/c1-11(2)16(19-22-17(23-28-19)13-7-9-20-10-8-13)21-18(25)14-5-4-6-15(12(14)3)24(26)27/h4-11,16H,1-3H3,(H,21,25). The van der Waals surface area contributed by atoms with Crippen LogP contribution in [0.15, 0.2) is 47.2 Å². The van der Waals surface area contributed by atoms with Crippen molar-refractivity contribution in [3.05, 3.63) is 69.9 Å². The third-order valence-corrected chi connectivity index (χ3v) is 4.35. The Bertz CT molecular complexity index is 1000. The molecular formula is C19H19N5O4. The minimum Gasteiger partial charge on any atom is -0.340 e. The van der Waals surface area contributed by atoms with Gasteiger partial charge in [0.05, 0.1) is 4.92 Å². The molecule has 0 saturated carbocycles. The normalized spacial score (nSPS) is 12.0. The number of benzene rings is 1. The lowest BCUT2D eigenvalue weighted by atomic mass is 10.0. The number of nitro groups is 1. The maximum Gasteiger partial charge on any atom is 0.273 e. The second-order valence-electron chi connectivity index (χ2n) is 6.59. The Balaban J connectivity index is 1.87. The van der Waals surface area contributed by atoms with E-state index in [0.29, 0.717) is 11.4 Å². The minimum atomic E-state index is -0.547. The molecule has 0 bridgehead atoms. The summed E-state index contributed by atoms with van der Waals surface area (Å²) in [7, 11) is 0. The number of carbonyl (C=O) groups excluding carboxylic acids is 1. The minimum absolute atomic E-state index is 0.0475. The molecule has 1 unspecified atom stereocenters. The Morgan fingerprint density at radius 1 is 1.21 bits per heavy atom. The molecule has 1 N–H and O–H groups in total. The summed E-state index contributed by atoms with van der Waals surface area (Å²) in [5, 5.41) is 17.9. The number of hydrogen-bond acceptors (Lipinski definition) is 7. The average molecular weight is 381 g/mol. The van der Waals surface area contributed by atoms with E-state index in [-0.39, 0.29) is 23.1 Å². The van der Waals surface area contributed by atoms with Crippen molar-refractivity contribution in [1.29, 1.82) is 0 Å². The van der Waals surface area contributed by atoms with E-state index in [1.807, 2.05) is 13.8 Å². The molecule has 1 atom stereocenters. The lowest BCUT2D eigenvalue weighted by Crippen LogP contribution is -2.32. The van der Waals surface area contributed by atoms with Crippen molar-refractivity contribution in [2.45, 2.75) is 26.8 Å². The van der Waals surface area contributed by atoms with Gasteiger partial charge in [0, 0.05) is 35.2 Å². The highest BCUT2D eigenvalue weighted by Gasteiger charge is 2.27. The Kier molecular flexibility index (Phi) is 5.44. The maximum absolute atomic E-state index is 12.8. The molecule has 1 amide bonds. The smallest absolute Gasteiger partial charge is 0.273 e. The molecule has 0 aliphatic carbocycles. The number of rotatable bonds is 6. The van der Waals surface area contributed by atoms with Gasteiger partial charge in [-0.3, -0.25) is 19.9 Å². The quantitative estimate of drug-likeness (QED) is 0.512. The molecule has 3 aromatic rings. The Hall–Kier alpha value is -3.62. The Labute approximate surface area is 161 Å². The molecular weight excluding hydrogens is 362 g/mol. The molecule has 0 saturated heterocycles. The van der Waals surface area contributed by atoms with Gasteiger partial charge in [0.1, 0.15) is 6.04 Å². The largest absolute Gasteiger partial charge is 0.340 e. The Morgan fingerprint density at radius 3 is 2.57 bits per heavy atom. The summed E-state index contributed by atoms with van der Waals surface area (Å²) < 4.78 is 5.37. The average Bonchev–Trinajstić information content (AvgIpc) is 3.16. The van der Waals surface area contributed by atoms with E-state index in [0.717, 1.165) is 5.56 Å². The number of nitrogens with zero attached hydrogens (tertiary/aromatic N) is 4. The first-order valence-corrected chi connectivity index (χ1v) is 8.67. The van der Waals surface area contributed by atoms with Crippen LogP contribution in [0.1, 0.15) is 41.7 Å². The molecule has 2 aromatic heterocycles. The van der Waals surface area contributed by atoms with Gasteiger partial charge in [-0.05, 0) is 31.0 Å². The molecule has 3 rings (SSSR count). The van der Waals surface area contributed by atoms with E-state index in [4.69, 9.17) is 4.52 Å². The summed E-state index contributed by atoms with van der Waals surface area (Å²) in [6, 6.07) is 7.36. The molecule has 9 nitrogen and oxygen atoms in total. The lowest BCUT2D eigenvalue weighted by Gasteiger charge is -2.19.